The van der Waals surface area contributed by atoms with Crippen molar-refractivity contribution in [3.05, 3.63) is 63.9 Å². The number of rotatable bonds is 7. The van der Waals surface area contributed by atoms with Gasteiger partial charge in [-0.25, -0.2) is 18.6 Å². The summed E-state index contributed by atoms with van der Waals surface area (Å²) in [6.45, 7) is 6.63. The summed E-state index contributed by atoms with van der Waals surface area (Å²) >= 11 is 5.75. The van der Waals surface area contributed by atoms with Crippen molar-refractivity contribution in [2.45, 2.75) is 46.6 Å². The molecule has 3 rings (SSSR count). The lowest BCUT2D eigenvalue weighted by atomic mass is 10.0. The molecular formula is C22H25ClFN4O+. The van der Waals surface area contributed by atoms with E-state index >= 15 is 0 Å². The van der Waals surface area contributed by atoms with Crippen LogP contribution in [-0.4, -0.2) is 20.5 Å². The van der Waals surface area contributed by atoms with Crippen LogP contribution < -0.4 is 4.57 Å². The minimum absolute atomic E-state index is 0.0547. The van der Waals surface area contributed by atoms with E-state index in [1.165, 1.54) is 12.1 Å². The number of pyridine rings is 1. The fourth-order valence-electron chi connectivity index (χ4n) is 3.26. The molecule has 5 nitrogen and oxygen atoms in total. The van der Waals surface area contributed by atoms with Gasteiger partial charge < -0.3 is 0 Å². The molecule has 0 fully saturated rings. The zero-order valence-electron chi connectivity index (χ0n) is 17.2. The fourth-order valence-corrected chi connectivity index (χ4v) is 3.38. The van der Waals surface area contributed by atoms with Crippen LogP contribution in [0.25, 0.3) is 11.4 Å². The molecule has 0 unspecified atom stereocenters. The van der Waals surface area contributed by atoms with E-state index in [9.17, 15) is 9.18 Å². The highest BCUT2D eigenvalue weighted by Gasteiger charge is 2.16. The van der Waals surface area contributed by atoms with E-state index in [-0.39, 0.29) is 17.2 Å². The Labute approximate surface area is 175 Å². The number of aromatic nitrogens is 4. The van der Waals surface area contributed by atoms with E-state index in [1.807, 2.05) is 14.0 Å². The molecule has 0 bridgehead atoms. The van der Waals surface area contributed by atoms with Crippen LogP contribution in [-0.2, 0) is 31.2 Å². The first-order valence-electron chi connectivity index (χ1n) is 9.65. The lowest BCUT2D eigenvalue weighted by Crippen LogP contribution is -2.35. The highest BCUT2D eigenvalue weighted by molar-refractivity contribution is 6.30. The molecule has 1 aromatic carbocycles. The van der Waals surface area contributed by atoms with Gasteiger partial charge in [-0.3, -0.25) is 4.79 Å². The van der Waals surface area contributed by atoms with E-state index < -0.39 is 5.82 Å². The molecule has 0 radical (unpaired) electrons. The van der Waals surface area contributed by atoms with Crippen molar-refractivity contribution in [2.75, 3.05) is 0 Å². The first-order valence-corrected chi connectivity index (χ1v) is 10.0. The van der Waals surface area contributed by atoms with E-state index in [1.54, 1.807) is 10.7 Å². The molecule has 3 aromatic rings. The van der Waals surface area contributed by atoms with Gasteiger partial charge in [-0.15, -0.1) is 0 Å². The van der Waals surface area contributed by atoms with E-state index in [2.05, 4.69) is 40.6 Å². The molecule has 0 saturated heterocycles. The summed E-state index contributed by atoms with van der Waals surface area (Å²) in [7, 11) is 2.03. The Morgan fingerprint density at radius 1 is 1.21 bits per heavy atom. The monoisotopic (exact) mass is 415 g/mol. The number of Topliss-reactive ketones (excluding diaryl/α,β-unsaturated/α-hetero) is 1. The van der Waals surface area contributed by atoms with Gasteiger partial charge in [0.15, 0.2) is 17.2 Å². The van der Waals surface area contributed by atoms with Crippen molar-refractivity contribution in [1.29, 1.82) is 0 Å². The zero-order chi connectivity index (χ0) is 21.1. The predicted molar refractivity (Wildman–Crippen MR) is 110 cm³/mol. The number of hydrogen-bond acceptors (Lipinski definition) is 3. The van der Waals surface area contributed by atoms with Crippen LogP contribution in [0.5, 0.6) is 0 Å². The third-order valence-electron chi connectivity index (χ3n) is 5.12. The van der Waals surface area contributed by atoms with Gasteiger partial charge in [0.1, 0.15) is 24.5 Å². The lowest BCUT2D eigenvalue weighted by Gasteiger charge is -2.05. The van der Waals surface area contributed by atoms with Gasteiger partial charge in [-0.2, -0.15) is 5.10 Å². The van der Waals surface area contributed by atoms with Crippen molar-refractivity contribution in [2.24, 2.45) is 7.05 Å². The number of carbonyl (C=O) groups excluding carboxylic acids is 1. The number of ketones is 1. The standard InChI is InChI=1S/C22H25ClFN4O/c1-5-28-21(25-22(26-28)17-7-9-19(23)20(24)12-17)13-18(29)8-6-16-10-14(2)27(4)15(3)11-16/h7,9-12H,5-6,8,13H2,1-4H3/q+1. The van der Waals surface area contributed by atoms with Gasteiger partial charge in [0.05, 0.1) is 11.4 Å². The summed E-state index contributed by atoms with van der Waals surface area (Å²) in [5, 5.41) is 4.47. The Morgan fingerprint density at radius 3 is 2.52 bits per heavy atom. The molecule has 152 valence electrons. The number of carbonyl (C=O) groups is 1. The molecule has 2 heterocycles. The SMILES string of the molecule is CCn1nc(-c2ccc(Cl)c(F)c2)nc1CC(=O)CCc1cc(C)[n+](C)c(C)c1. The molecule has 0 spiro atoms. The second kappa shape index (κ2) is 8.82. The first-order chi connectivity index (χ1) is 13.8. The minimum Gasteiger partial charge on any atom is -0.299 e. The quantitative estimate of drug-likeness (QED) is 0.549. The van der Waals surface area contributed by atoms with Gasteiger partial charge in [-0.05, 0) is 37.1 Å². The Kier molecular flexibility index (Phi) is 6.42. The number of hydrogen-bond donors (Lipinski definition) is 0. The van der Waals surface area contributed by atoms with Crippen LogP contribution >= 0.6 is 11.6 Å². The Balaban J connectivity index is 1.71. The minimum atomic E-state index is -0.517. The molecule has 29 heavy (non-hydrogen) atoms. The largest absolute Gasteiger partial charge is 0.299 e. The maximum absolute atomic E-state index is 13.8. The van der Waals surface area contributed by atoms with Gasteiger partial charge in [0.2, 0.25) is 0 Å². The Hall–Kier alpha value is -2.60. The molecule has 2 aromatic heterocycles. The third-order valence-corrected chi connectivity index (χ3v) is 5.43. The highest BCUT2D eigenvalue weighted by Crippen LogP contribution is 2.22. The summed E-state index contributed by atoms with van der Waals surface area (Å²) in [5.41, 5.74) is 4.02. The number of benzene rings is 1. The maximum atomic E-state index is 13.8. The summed E-state index contributed by atoms with van der Waals surface area (Å²) in [6, 6.07) is 8.69. The number of nitrogens with zero attached hydrogens (tertiary/aromatic N) is 4. The van der Waals surface area contributed by atoms with Crippen molar-refractivity contribution in [1.82, 2.24) is 14.8 Å². The summed E-state index contributed by atoms with van der Waals surface area (Å²) in [6.07, 6.45) is 1.33. The van der Waals surface area contributed by atoms with Crippen molar-refractivity contribution in [3.63, 3.8) is 0 Å². The Bertz CT molecular complexity index is 1040. The van der Waals surface area contributed by atoms with Crippen LogP contribution in [0.1, 0.15) is 36.1 Å². The third kappa shape index (κ3) is 4.88. The molecule has 7 heteroatoms. The summed E-state index contributed by atoms with van der Waals surface area (Å²) < 4.78 is 17.6. The summed E-state index contributed by atoms with van der Waals surface area (Å²) in [4.78, 5) is 17.0. The van der Waals surface area contributed by atoms with Gasteiger partial charge in [0, 0.05) is 44.5 Å². The number of aryl methyl sites for hydroxylation is 4. The van der Waals surface area contributed by atoms with Crippen molar-refractivity contribution < 1.29 is 13.8 Å². The smallest absolute Gasteiger partial charge is 0.181 e. The fraction of sp³-hybridized carbons (Fsp3) is 0.364. The maximum Gasteiger partial charge on any atom is 0.181 e. The van der Waals surface area contributed by atoms with E-state index in [0.717, 1.165) is 17.0 Å². The summed E-state index contributed by atoms with van der Waals surface area (Å²) in [5.74, 6) is 0.572. The van der Waals surface area contributed by atoms with Crippen LogP contribution in [0.15, 0.2) is 30.3 Å². The predicted octanol–water partition coefficient (Wildman–Crippen LogP) is 3.94. The van der Waals surface area contributed by atoms with E-state index in [4.69, 9.17) is 11.6 Å². The zero-order valence-corrected chi connectivity index (χ0v) is 17.9. The highest BCUT2D eigenvalue weighted by atomic mass is 35.5. The molecule has 0 amide bonds. The first kappa shape index (κ1) is 21.1. The van der Waals surface area contributed by atoms with Gasteiger partial charge in [-0.1, -0.05) is 11.6 Å². The van der Waals surface area contributed by atoms with Crippen LogP contribution in [0.2, 0.25) is 5.02 Å². The number of halogens is 2. The van der Waals surface area contributed by atoms with Crippen molar-refractivity contribution in [3.8, 4) is 11.4 Å². The Morgan fingerprint density at radius 2 is 1.90 bits per heavy atom. The average molecular weight is 416 g/mol. The molecule has 0 aliphatic rings. The van der Waals surface area contributed by atoms with Crippen molar-refractivity contribution >= 4 is 17.4 Å². The second-order valence-electron chi connectivity index (χ2n) is 7.22. The normalized spacial score (nSPS) is 11.1. The average Bonchev–Trinajstić information content (AvgIpc) is 3.09. The van der Waals surface area contributed by atoms with Crippen LogP contribution in [0, 0.1) is 19.7 Å². The van der Waals surface area contributed by atoms with Gasteiger partial charge in [0.25, 0.3) is 0 Å². The molecule has 0 saturated carbocycles. The molecular weight excluding hydrogens is 391 g/mol. The molecule has 0 N–H and O–H groups in total. The van der Waals surface area contributed by atoms with Crippen LogP contribution in [0.4, 0.5) is 4.39 Å². The second-order valence-corrected chi connectivity index (χ2v) is 7.62. The molecule has 0 aliphatic carbocycles. The topological polar surface area (TPSA) is 51.7 Å². The van der Waals surface area contributed by atoms with Gasteiger partial charge >= 0.3 is 0 Å². The van der Waals surface area contributed by atoms with Crippen LogP contribution in [0.3, 0.4) is 0 Å². The van der Waals surface area contributed by atoms with E-state index in [0.29, 0.717) is 36.6 Å². The lowest BCUT2D eigenvalue weighted by molar-refractivity contribution is -0.683. The molecule has 0 atom stereocenters. The molecule has 0 aliphatic heterocycles.